The molecule has 1 heterocycles. The summed E-state index contributed by atoms with van der Waals surface area (Å²) >= 11 is 0. The number of piperidine rings is 1. The molecular formula is C14H18N2O5. The highest BCUT2D eigenvalue weighted by Gasteiger charge is 2.22. The van der Waals surface area contributed by atoms with Gasteiger partial charge in [0, 0.05) is 31.3 Å². The molecule has 1 aromatic carbocycles. The highest BCUT2D eigenvalue weighted by atomic mass is 16.6. The second kappa shape index (κ2) is 7.14. The van der Waals surface area contributed by atoms with Crippen molar-refractivity contribution in [3.8, 4) is 0 Å². The lowest BCUT2D eigenvalue weighted by molar-refractivity contribution is -0.385. The van der Waals surface area contributed by atoms with Crippen LogP contribution in [-0.2, 0) is 16.1 Å². The molecule has 1 aromatic rings. The van der Waals surface area contributed by atoms with Gasteiger partial charge in [-0.1, -0.05) is 18.2 Å². The summed E-state index contributed by atoms with van der Waals surface area (Å²) in [4.78, 5) is 23.2. The average molecular weight is 294 g/mol. The van der Waals surface area contributed by atoms with Crippen LogP contribution in [0.5, 0.6) is 0 Å². The molecule has 1 fully saturated rings. The highest BCUT2D eigenvalue weighted by Crippen LogP contribution is 2.22. The molecule has 0 bridgehead atoms. The number of hydrogen-bond acceptors (Lipinski definition) is 5. The Balaban J connectivity index is 1.86. The smallest absolute Gasteiger partial charge is 0.329 e. The van der Waals surface area contributed by atoms with Crippen LogP contribution in [0.4, 0.5) is 5.69 Å². The molecular weight excluding hydrogens is 276 g/mol. The molecule has 1 aliphatic heterocycles. The summed E-state index contributed by atoms with van der Waals surface area (Å²) in [7, 11) is 0. The van der Waals surface area contributed by atoms with Crippen LogP contribution in [0.2, 0.25) is 0 Å². The predicted molar refractivity (Wildman–Crippen MR) is 75.0 cm³/mol. The summed E-state index contributed by atoms with van der Waals surface area (Å²) in [6.45, 7) is 1.75. The van der Waals surface area contributed by atoms with E-state index in [-0.39, 0.29) is 23.3 Å². The maximum atomic E-state index is 11.0. The van der Waals surface area contributed by atoms with Gasteiger partial charge in [0.25, 0.3) is 5.69 Å². The molecule has 1 N–H and O–H groups in total. The van der Waals surface area contributed by atoms with Crippen molar-refractivity contribution >= 4 is 11.7 Å². The summed E-state index contributed by atoms with van der Waals surface area (Å²) in [5, 5.41) is 19.6. The molecule has 0 unspecified atom stereocenters. The maximum absolute atomic E-state index is 11.0. The van der Waals surface area contributed by atoms with E-state index in [4.69, 9.17) is 9.84 Å². The van der Waals surface area contributed by atoms with Crippen molar-refractivity contribution in [1.82, 2.24) is 4.90 Å². The van der Waals surface area contributed by atoms with Crippen LogP contribution in [0.15, 0.2) is 24.3 Å². The Morgan fingerprint density at radius 2 is 2.05 bits per heavy atom. The molecule has 0 amide bonds. The van der Waals surface area contributed by atoms with Crippen LogP contribution in [0.25, 0.3) is 0 Å². The van der Waals surface area contributed by atoms with E-state index in [0.29, 0.717) is 12.1 Å². The van der Waals surface area contributed by atoms with Gasteiger partial charge in [0.05, 0.1) is 11.0 Å². The Labute approximate surface area is 122 Å². The molecule has 7 nitrogen and oxygen atoms in total. The number of nitro groups is 1. The van der Waals surface area contributed by atoms with E-state index in [2.05, 4.69) is 4.90 Å². The van der Waals surface area contributed by atoms with Gasteiger partial charge >= 0.3 is 5.97 Å². The van der Waals surface area contributed by atoms with Gasteiger partial charge < -0.3 is 9.84 Å². The number of benzene rings is 1. The largest absolute Gasteiger partial charge is 0.480 e. The fraction of sp³-hybridized carbons (Fsp3) is 0.500. The lowest BCUT2D eigenvalue weighted by atomic mass is 10.1. The van der Waals surface area contributed by atoms with Crippen molar-refractivity contribution in [2.45, 2.75) is 25.5 Å². The zero-order valence-corrected chi connectivity index (χ0v) is 11.6. The number of carbonyl (C=O) groups is 1. The van der Waals surface area contributed by atoms with E-state index >= 15 is 0 Å². The Hall–Kier alpha value is -1.99. The van der Waals surface area contributed by atoms with E-state index in [9.17, 15) is 14.9 Å². The molecule has 2 rings (SSSR count). The molecule has 0 atom stereocenters. The third-order valence-corrected chi connectivity index (χ3v) is 3.56. The second-order valence-electron chi connectivity index (χ2n) is 5.07. The molecule has 0 aliphatic carbocycles. The summed E-state index contributed by atoms with van der Waals surface area (Å²) in [6, 6.07) is 6.74. The quantitative estimate of drug-likeness (QED) is 0.633. The summed E-state index contributed by atoms with van der Waals surface area (Å²) < 4.78 is 5.27. The molecule has 0 radical (unpaired) electrons. The molecule has 0 saturated carbocycles. The Bertz CT molecular complexity index is 512. The first-order chi connectivity index (χ1) is 10.1. The molecule has 21 heavy (non-hydrogen) atoms. The van der Waals surface area contributed by atoms with Gasteiger partial charge in [-0.15, -0.1) is 0 Å². The fourth-order valence-electron chi connectivity index (χ4n) is 2.49. The first-order valence-electron chi connectivity index (χ1n) is 6.84. The number of para-hydroxylation sites is 1. The minimum absolute atomic E-state index is 0.0388. The topological polar surface area (TPSA) is 92.9 Å². The molecule has 0 aromatic heterocycles. The fourth-order valence-corrected chi connectivity index (χ4v) is 2.49. The van der Waals surface area contributed by atoms with Gasteiger partial charge in [0.2, 0.25) is 0 Å². The van der Waals surface area contributed by atoms with Crippen LogP contribution < -0.4 is 0 Å². The summed E-state index contributed by atoms with van der Waals surface area (Å²) in [6.07, 6.45) is 1.45. The Morgan fingerprint density at radius 3 is 2.67 bits per heavy atom. The number of nitro benzene ring substituents is 1. The van der Waals surface area contributed by atoms with E-state index < -0.39 is 5.97 Å². The number of carboxylic acid groups (broad SMARTS) is 1. The van der Waals surface area contributed by atoms with E-state index in [0.717, 1.165) is 25.9 Å². The highest BCUT2D eigenvalue weighted by molar-refractivity contribution is 5.68. The SMILES string of the molecule is O=C(O)COC1CCN(Cc2ccccc2[N+](=O)[O-])CC1. The molecule has 0 spiro atoms. The standard InChI is InChI=1S/C14H18N2O5/c17-14(18)10-21-12-5-7-15(8-6-12)9-11-3-1-2-4-13(11)16(19)20/h1-4,12H,5-10H2,(H,17,18). The number of aliphatic carboxylic acids is 1. The van der Waals surface area contributed by atoms with Gasteiger partial charge in [0.1, 0.15) is 6.61 Å². The number of ether oxygens (including phenoxy) is 1. The monoisotopic (exact) mass is 294 g/mol. The van der Waals surface area contributed by atoms with Crippen LogP contribution in [0.1, 0.15) is 18.4 Å². The van der Waals surface area contributed by atoms with Crippen LogP contribution in [0, 0.1) is 10.1 Å². The number of rotatable bonds is 6. The average Bonchev–Trinajstić information content (AvgIpc) is 2.47. The van der Waals surface area contributed by atoms with Crippen molar-refractivity contribution < 1.29 is 19.6 Å². The van der Waals surface area contributed by atoms with Crippen molar-refractivity contribution in [1.29, 1.82) is 0 Å². The third-order valence-electron chi connectivity index (χ3n) is 3.56. The molecule has 7 heteroatoms. The Morgan fingerprint density at radius 1 is 1.38 bits per heavy atom. The molecule has 1 aliphatic rings. The number of hydrogen-bond donors (Lipinski definition) is 1. The predicted octanol–water partition coefficient (Wildman–Crippen LogP) is 1.66. The number of likely N-dealkylation sites (tertiary alicyclic amines) is 1. The minimum Gasteiger partial charge on any atom is -0.480 e. The van der Waals surface area contributed by atoms with Gasteiger partial charge in [0.15, 0.2) is 0 Å². The minimum atomic E-state index is -0.961. The third kappa shape index (κ3) is 4.51. The first-order valence-corrected chi connectivity index (χ1v) is 6.84. The normalized spacial score (nSPS) is 16.8. The van der Waals surface area contributed by atoms with Crippen molar-refractivity contribution in [3.05, 3.63) is 39.9 Å². The second-order valence-corrected chi connectivity index (χ2v) is 5.07. The van der Waals surface area contributed by atoms with Gasteiger partial charge in [-0.3, -0.25) is 15.0 Å². The number of carboxylic acids is 1. The zero-order chi connectivity index (χ0) is 15.2. The number of nitrogens with zero attached hydrogens (tertiary/aromatic N) is 2. The maximum Gasteiger partial charge on any atom is 0.329 e. The summed E-state index contributed by atoms with van der Waals surface area (Å²) in [5.74, 6) is -0.961. The van der Waals surface area contributed by atoms with Gasteiger partial charge in [-0.25, -0.2) is 4.79 Å². The van der Waals surface area contributed by atoms with Crippen LogP contribution in [0.3, 0.4) is 0 Å². The lowest BCUT2D eigenvalue weighted by Crippen LogP contribution is -2.37. The summed E-state index contributed by atoms with van der Waals surface area (Å²) in [5.41, 5.74) is 0.842. The van der Waals surface area contributed by atoms with Crippen LogP contribution >= 0.6 is 0 Å². The van der Waals surface area contributed by atoms with Crippen molar-refractivity contribution in [2.75, 3.05) is 19.7 Å². The van der Waals surface area contributed by atoms with Crippen molar-refractivity contribution in [3.63, 3.8) is 0 Å². The first kappa shape index (κ1) is 15.4. The van der Waals surface area contributed by atoms with E-state index in [1.54, 1.807) is 18.2 Å². The van der Waals surface area contributed by atoms with Gasteiger partial charge in [-0.05, 0) is 12.8 Å². The zero-order valence-electron chi connectivity index (χ0n) is 11.6. The van der Waals surface area contributed by atoms with Gasteiger partial charge in [-0.2, -0.15) is 0 Å². The van der Waals surface area contributed by atoms with E-state index in [1.165, 1.54) is 6.07 Å². The van der Waals surface area contributed by atoms with Crippen LogP contribution in [-0.4, -0.2) is 46.7 Å². The van der Waals surface area contributed by atoms with Crippen molar-refractivity contribution in [2.24, 2.45) is 0 Å². The van der Waals surface area contributed by atoms with E-state index in [1.807, 2.05) is 0 Å². The molecule has 1 saturated heterocycles. The Kier molecular flexibility index (Phi) is 5.24. The molecule has 114 valence electrons. The lowest BCUT2D eigenvalue weighted by Gasteiger charge is -2.31.